The molecule has 3 heteroatoms. The molecule has 0 aliphatic heterocycles. The zero-order chi connectivity index (χ0) is 15.1. The van der Waals surface area contributed by atoms with Crippen LogP contribution in [0.5, 0.6) is 5.75 Å². The molecular formula is C18H20O3. The molecule has 0 fully saturated rings. The summed E-state index contributed by atoms with van der Waals surface area (Å²) in [4.78, 5) is 11.5. The van der Waals surface area contributed by atoms with Crippen LogP contribution >= 0.6 is 0 Å². The first-order valence-electron chi connectivity index (χ1n) is 7.12. The minimum absolute atomic E-state index is 0.151. The number of hydrogen-bond acceptors (Lipinski definition) is 3. The molecule has 0 aliphatic carbocycles. The summed E-state index contributed by atoms with van der Waals surface area (Å²) in [7, 11) is 1.66. The van der Waals surface area contributed by atoms with Gasteiger partial charge in [0.25, 0.3) is 0 Å². The summed E-state index contributed by atoms with van der Waals surface area (Å²) in [6, 6.07) is 16.1. The first-order valence-corrected chi connectivity index (χ1v) is 7.12. The van der Waals surface area contributed by atoms with Gasteiger partial charge in [-0.15, -0.1) is 0 Å². The van der Waals surface area contributed by atoms with Crippen LogP contribution in [0.25, 0.3) is 11.1 Å². The highest BCUT2D eigenvalue weighted by Gasteiger charge is 2.08. The van der Waals surface area contributed by atoms with Gasteiger partial charge in [-0.05, 0) is 42.2 Å². The van der Waals surface area contributed by atoms with Crippen LogP contribution < -0.4 is 4.74 Å². The van der Waals surface area contributed by atoms with Gasteiger partial charge in [0.15, 0.2) is 0 Å². The summed E-state index contributed by atoms with van der Waals surface area (Å²) in [5.74, 6) is 0.685. The Kier molecular flexibility index (Phi) is 5.38. The number of aryl methyl sites for hydroxylation is 1. The van der Waals surface area contributed by atoms with Crippen molar-refractivity contribution in [3.63, 3.8) is 0 Å². The predicted molar refractivity (Wildman–Crippen MR) is 83.4 cm³/mol. The molecule has 0 radical (unpaired) electrons. The molecule has 2 rings (SSSR count). The molecule has 21 heavy (non-hydrogen) atoms. The minimum atomic E-state index is -0.151. The Labute approximate surface area is 125 Å². The van der Waals surface area contributed by atoms with Crippen molar-refractivity contribution in [2.75, 3.05) is 13.7 Å². The zero-order valence-electron chi connectivity index (χ0n) is 12.5. The molecule has 2 aromatic rings. The Hall–Kier alpha value is -2.29. The second-order valence-corrected chi connectivity index (χ2v) is 4.69. The van der Waals surface area contributed by atoms with E-state index in [-0.39, 0.29) is 5.97 Å². The smallest absolute Gasteiger partial charge is 0.306 e. The molecule has 3 nitrogen and oxygen atoms in total. The third-order valence-electron chi connectivity index (χ3n) is 3.32. The van der Waals surface area contributed by atoms with E-state index in [0.29, 0.717) is 19.4 Å². The first-order chi connectivity index (χ1) is 10.2. The van der Waals surface area contributed by atoms with Crippen molar-refractivity contribution in [2.45, 2.75) is 19.8 Å². The van der Waals surface area contributed by atoms with E-state index in [1.807, 2.05) is 43.3 Å². The maximum absolute atomic E-state index is 11.5. The molecule has 0 unspecified atom stereocenters. The van der Waals surface area contributed by atoms with Gasteiger partial charge in [-0.2, -0.15) is 0 Å². The van der Waals surface area contributed by atoms with Crippen molar-refractivity contribution in [3.8, 4) is 16.9 Å². The van der Waals surface area contributed by atoms with Crippen LogP contribution in [0.4, 0.5) is 0 Å². The largest absolute Gasteiger partial charge is 0.497 e. The average molecular weight is 284 g/mol. The fourth-order valence-electron chi connectivity index (χ4n) is 2.26. The van der Waals surface area contributed by atoms with Crippen molar-refractivity contribution < 1.29 is 14.3 Å². The number of esters is 1. The number of ether oxygens (including phenoxy) is 2. The number of carbonyl (C=O) groups is 1. The van der Waals surface area contributed by atoms with Crippen LogP contribution in [-0.2, 0) is 16.0 Å². The lowest BCUT2D eigenvalue weighted by Crippen LogP contribution is -2.05. The van der Waals surface area contributed by atoms with Gasteiger partial charge >= 0.3 is 5.97 Å². The number of carbonyl (C=O) groups excluding carboxylic acids is 1. The van der Waals surface area contributed by atoms with Crippen molar-refractivity contribution in [1.29, 1.82) is 0 Å². The highest BCUT2D eigenvalue weighted by atomic mass is 16.5. The average Bonchev–Trinajstić information content (AvgIpc) is 2.54. The summed E-state index contributed by atoms with van der Waals surface area (Å²) < 4.78 is 10.2. The van der Waals surface area contributed by atoms with Crippen LogP contribution in [0.1, 0.15) is 18.9 Å². The van der Waals surface area contributed by atoms with E-state index in [2.05, 4.69) is 12.1 Å². The highest BCUT2D eigenvalue weighted by Crippen LogP contribution is 2.26. The van der Waals surface area contributed by atoms with Gasteiger partial charge in [-0.1, -0.05) is 36.4 Å². The topological polar surface area (TPSA) is 35.5 Å². The second kappa shape index (κ2) is 7.48. The standard InChI is InChI=1S/C18H20O3/c1-3-21-18(19)13-10-14-6-4-5-7-17(14)15-8-11-16(20-2)12-9-15/h4-9,11-12H,3,10,13H2,1-2H3. The molecule has 0 bridgehead atoms. The van der Waals surface area contributed by atoms with E-state index in [0.717, 1.165) is 22.4 Å². The van der Waals surface area contributed by atoms with Gasteiger partial charge in [-0.3, -0.25) is 4.79 Å². The van der Waals surface area contributed by atoms with E-state index in [1.54, 1.807) is 7.11 Å². The first kappa shape index (κ1) is 15.1. The van der Waals surface area contributed by atoms with Crippen molar-refractivity contribution in [3.05, 3.63) is 54.1 Å². The van der Waals surface area contributed by atoms with Gasteiger partial charge in [0.05, 0.1) is 13.7 Å². The Morgan fingerprint density at radius 3 is 2.43 bits per heavy atom. The molecule has 110 valence electrons. The minimum Gasteiger partial charge on any atom is -0.497 e. The highest BCUT2D eigenvalue weighted by molar-refractivity contribution is 5.72. The molecule has 0 atom stereocenters. The fraction of sp³-hybridized carbons (Fsp3) is 0.278. The molecule has 0 N–H and O–H groups in total. The quantitative estimate of drug-likeness (QED) is 0.756. The summed E-state index contributed by atoms with van der Waals surface area (Å²) in [5.41, 5.74) is 3.41. The van der Waals surface area contributed by atoms with Crippen molar-refractivity contribution in [1.82, 2.24) is 0 Å². The number of rotatable bonds is 6. The fourth-order valence-corrected chi connectivity index (χ4v) is 2.26. The summed E-state index contributed by atoms with van der Waals surface area (Å²) in [6.07, 6.45) is 1.09. The van der Waals surface area contributed by atoms with Gasteiger partial charge in [0.2, 0.25) is 0 Å². The van der Waals surface area contributed by atoms with Crippen molar-refractivity contribution in [2.24, 2.45) is 0 Å². The van der Waals surface area contributed by atoms with E-state index in [1.165, 1.54) is 0 Å². The Bertz CT molecular complexity index is 588. The Morgan fingerprint density at radius 2 is 1.76 bits per heavy atom. The zero-order valence-corrected chi connectivity index (χ0v) is 12.5. The summed E-state index contributed by atoms with van der Waals surface area (Å²) >= 11 is 0. The van der Waals surface area contributed by atoms with Gasteiger partial charge in [-0.25, -0.2) is 0 Å². The van der Waals surface area contributed by atoms with E-state index < -0.39 is 0 Å². The molecule has 0 aliphatic rings. The monoisotopic (exact) mass is 284 g/mol. The molecule has 0 spiro atoms. The third-order valence-corrected chi connectivity index (χ3v) is 3.32. The molecule has 0 aromatic heterocycles. The molecule has 2 aromatic carbocycles. The van der Waals surface area contributed by atoms with Crippen LogP contribution in [0, 0.1) is 0 Å². The van der Waals surface area contributed by atoms with Crippen LogP contribution in [0.3, 0.4) is 0 Å². The lowest BCUT2D eigenvalue weighted by Gasteiger charge is -2.10. The molecule has 0 saturated heterocycles. The van der Waals surface area contributed by atoms with Crippen LogP contribution in [0.2, 0.25) is 0 Å². The van der Waals surface area contributed by atoms with E-state index in [9.17, 15) is 4.79 Å². The maximum Gasteiger partial charge on any atom is 0.306 e. The lowest BCUT2D eigenvalue weighted by atomic mass is 9.97. The SMILES string of the molecule is CCOC(=O)CCc1ccccc1-c1ccc(OC)cc1. The molecule has 0 saturated carbocycles. The van der Waals surface area contributed by atoms with E-state index >= 15 is 0 Å². The van der Waals surface area contributed by atoms with Crippen molar-refractivity contribution >= 4 is 5.97 Å². The second-order valence-electron chi connectivity index (χ2n) is 4.69. The molecule has 0 heterocycles. The Morgan fingerprint density at radius 1 is 1.05 bits per heavy atom. The predicted octanol–water partition coefficient (Wildman–Crippen LogP) is 3.86. The molecular weight excluding hydrogens is 264 g/mol. The van der Waals surface area contributed by atoms with Crippen LogP contribution in [-0.4, -0.2) is 19.7 Å². The summed E-state index contributed by atoms with van der Waals surface area (Å²) in [5, 5.41) is 0. The Balaban J connectivity index is 2.17. The normalized spacial score (nSPS) is 10.2. The molecule has 0 amide bonds. The van der Waals surface area contributed by atoms with Gasteiger partial charge in [0, 0.05) is 6.42 Å². The van der Waals surface area contributed by atoms with E-state index in [4.69, 9.17) is 9.47 Å². The number of benzene rings is 2. The maximum atomic E-state index is 11.5. The van der Waals surface area contributed by atoms with Gasteiger partial charge < -0.3 is 9.47 Å². The number of hydrogen-bond donors (Lipinski definition) is 0. The summed E-state index contributed by atoms with van der Waals surface area (Å²) in [6.45, 7) is 2.25. The van der Waals surface area contributed by atoms with Crippen LogP contribution in [0.15, 0.2) is 48.5 Å². The number of methoxy groups -OCH3 is 1. The lowest BCUT2D eigenvalue weighted by molar-refractivity contribution is -0.143. The van der Waals surface area contributed by atoms with Gasteiger partial charge in [0.1, 0.15) is 5.75 Å². The third kappa shape index (κ3) is 4.09.